The summed E-state index contributed by atoms with van der Waals surface area (Å²) in [6.45, 7) is -0.359. The van der Waals surface area contributed by atoms with Crippen molar-refractivity contribution in [3.8, 4) is 0 Å². The number of Topliss-reactive ketones (excluding diaryl/α,β-unsaturated/α-hetero) is 1. The number of alkyl halides is 1. The average molecular weight is 420 g/mol. The summed E-state index contributed by atoms with van der Waals surface area (Å²) in [5, 5.41) is 52.0. The molecule has 0 unspecified atom stereocenters. The van der Waals surface area contributed by atoms with Crippen LogP contribution in [-0.4, -0.2) is 81.2 Å². The van der Waals surface area contributed by atoms with Crippen molar-refractivity contribution >= 4 is 23.4 Å². The third-order valence-electron chi connectivity index (χ3n) is 3.45. The van der Waals surface area contributed by atoms with Gasteiger partial charge >= 0.3 is 6.03 Å². The molecule has 0 radical (unpaired) electrons. The van der Waals surface area contributed by atoms with Gasteiger partial charge in [0.1, 0.15) is 18.3 Å². The number of aliphatic hydroxyl groups excluding tert-OH is 3. The van der Waals surface area contributed by atoms with Crippen molar-refractivity contribution in [1.82, 2.24) is 10.7 Å². The summed E-state index contributed by atoms with van der Waals surface area (Å²) < 4.78 is 5.08. The van der Waals surface area contributed by atoms with Crippen molar-refractivity contribution in [2.24, 2.45) is 5.29 Å². The van der Waals surface area contributed by atoms with Crippen LogP contribution in [0.2, 0.25) is 0 Å². The number of hydrogen-bond acceptors (Lipinski definition) is 13. The maximum atomic E-state index is 12.2. The molecule has 1 rings (SSSR count). The molecule has 0 aromatic heterocycles. The number of nitrogens with zero attached hydrogens (tertiary/aromatic N) is 1. The molecule has 15 nitrogen and oxygen atoms in total. The lowest BCUT2D eigenvalue weighted by atomic mass is 9.84. The number of amides is 2. The number of hydrogen-bond donors (Lipinski definition) is 6. The normalized spacial score (nSPS) is 33.3. The van der Waals surface area contributed by atoms with Gasteiger partial charge in [0.05, 0.1) is 18.5 Å². The highest BCUT2D eigenvalue weighted by Crippen LogP contribution is 2.38. The summed E-state index contributed by atoms with van der Waals surface area (Å²) in [7, 11) is 0. The van der Waals surface area contributed by atoms with E-state index in [-0.39, 0.29) is 12.5 Å². The lowest BCUT2D eigenvalue weighted by Crippen LogP contribution is -2.81. The van der Waals surface area contributed by atoms with Crippen LogP contribution in [0.4, 0.5) is 4.79 Å². The Labute approximate surface area is 155 Å². The molecule has 156 valence electrons. The molecule has 1 saturated heterocycles. The molecular formula is C11H18ClN3O12. The highest BCUT2D eigenvalue weighted by atomic mass is 35.5. The van der Waals surface area contributed by atoms with Crippen molar-refractivity contribution in [3.63, 3.8) is 0 Å². The predicted molar refractivity (Wildman–Crippen MR) is 79.7 cm³/mol. The van der Waals surface area contributed by atoms with E-state index in [2.05, 4.69) is 25.1 Å². The van der Waals surface area contributed by atoms with Gasteiger partial charge in [-0.05, 0) is 17.0 Å². The standard InChI is InChI=1S/C11H18ClN3O12/c1-5(17)10(13-9(20)14-15-22)11(21,25-27-26-23-3-2-12)8(19)7(18)6(4-16)24-10/h6-8,16,18-19,21H,2-4H2,1H3,(H2,13,14,20,22)/t6-,7-,8+,10-,11+/m1/s1. The van der Waals surface area contributed by atoms with Gasteiger partial charge in [-0.3, -0.25) is 10.1 Å². The van der Waals surface area contributed by atoms with Gasteiger partial charge in [-0.1, -0.05) is 0 Å². The van der Waals surface area contributed by atoms with Gasteiger partial charge in [-0.2, -0.15) is 10.3 Å². The lowest BCUT2D eigenvalue weighted by Gasteiger charge is -2.51. The van der Waals surface area contributed by atoms with Gasteiger partial charge in [0.2, 0.25) is 0 Å². The van der Waals surface area contributed by atoms with Crippen LogP contribution in [0.15, 0.2) is 5.29 Å². The fraction of sp³-hybridized carbons (Fsp3) is 0.818. The topological polar surface area (TPSA) is 215 Å². The maximum absolute atomic E-state index is 12.2. The molecular weight excluding hydrogens is 402 g/mol. The SMILES string of the molecule is CC(=O)[C@@]1(NC(=O)NN=O)O[C@H](CO)[C@@H](O)[C@H](O)[C@]1(O)OOOOCCCl. The molecule has 1 aliphatic heterocycles. The predicted octanol–water partition coefficient (Wildman–Crippen LogP) is -2.90. The highest BCUT2D eigenvalue weighted by molar-refractivity contribution is 6.17. The fourth-order valence-electron chi connectivity index (χ4n) is 2.20. The van der Waals surface area contributed by atoms with Crippen LogP contribution in [0.5, 0.6) is 0 Å². The number of halogens is 1. The number of aliphatic hydroxyl groups is 4. The van der Waals surface area contributed by atoms with E-state index in [0.29, 0.717) is 0 Å². The summed E-state index contributed by atoms with van der Waals surface area (Å²) in [5.74, 6) is -4.58. The van der Waals surface area contributed by atoms with Crippen LogP contribution in [0.25, 0.3) is 0 Å². The molecule has 16 heteroatoms. The number of urea groups is 1. The molecule has 27 heavy (non-hydrogen) atoms. The van der Waals surface area contributed by atoms with Gasteiger partial charge in [0.25, 0.3) is 11.5 Å². The molecule has 0 bridgehead atoms. The Morgan fingerprint density at radius 2 is 2.00 bits per heavy atom. The van der Waals surface area contributed by atoms with E-state index < -0.39 is 48.2 Å². The van der Waals surface area contributed by atoms with E-state index >= 15 is 0 Å². The Morgan fingerprint density at radius 1 is 1.33 bits per heavy atom. The van der Waals surface area contributed by atoms with Gasteiger partial charge < -0.3 is 25.2 Å². The minimum absolute atomic E-state index is 0.0198. The van der Waals surface area contributed by atoms with Gasteiger partial charge in [0, 0.05) is 5.88 Å². The van der Waals surface area contributed by atoms with Crippen molar-refractivity contribution in [3.05, 3.63) is 4.91 Å². The van der Waals surface area contributed by atoms with Crippen LogP contribution in [0, 0.1) is 4.91 Å². The highest BCUT2D eigenvalue weighted by Gasteiger charge is 2.70. The Morgan fingerprint density at radius 3 is 2.52 bits per heavy atom. The van der Waals surface area contributed by atoms with Gasteiger partial charge in [-0.15, -0.1) is 16.5 Å². The Balaban J connectivity index is 3.23. The number of nitroso groups, excluding NO2 is 1. The molecule has 6 N–H and O–H groups in total. The molecule has 0 spiro atoms. The second kappa shape index (κ2) is 10.1. The van der Waals surface area contributed by atoms with Crippen LogP contribution >= 0.6 is 11.6 Å². The second-order valence-corrected chi connectivity index (χ2v) is 5.47. The molecule has 1 fully saturated rings. The van der Waals surface area contributed by atoms with Crippen LogP contribution in [0.1, 0.15) is 6.92 Å². The van der Waals surface area contributed by atoms with Crippen LogP contribution in [0.3, 0.4) is 0 Å². The number of nitrogens with one attached hydrogen (secondary N) is 2. The van der Waals surface area contributed by atoms with E-state index in [1.54, 1.807) is 5.32 Å². The molecule has 1 heterocycles. The maximum Gasteiger partial charge on any atom is 0.340 e. The van der Waals surface area contributed by atoms with Crippen molar-refractivity contribution in [2.45, 2.75) is 36.7 Å². The molecule has 2 amide bonds. The van der Waals surface area contributed by atoms with Crippen molar-refractivity contribution in [2.75, 3.05) is 19.1 Å². The van der Waals surface area contributed by atoms with Gasteiger partial charge in [-0.25, -0.2) is 9.68 Å². The third-order valence-corrected chi connectivity index (χ3v) is 3.60. The van der Waals surface area contributed by atoms with E-state index in [1.165, 1.54) is 5.43 Å². The molecule has 0 aliphatic carbocycles. The van der Waals surface area contributed by atoms with E-state index in [4.69, 9.17) is 16.3 Å². The van der Waals surface area contributed by atoms with Crippen molar-refractivity contribution < 1.29 is 54.6 Å². The third kappa shape index (κ3) is 4.85. The average Bonchev–Trinajstić information content (AvgIpc) is 2.62. The zero-order valence-corrected chi connectivity index (χ0v) is 14.5. The molecule has 0 aromatic carbocycles. The minimum atomic E-state index is -3.35. The first-order valence-corrected chi connectivity index (χ1v) is 7.72. The van der Waals surface area contributed by atoms with E-state index in [1.807, 2.05) is 0 Å². The first-order valence-electron chi connectivity index (χ1n) is 7.18. The van der Waals surface area contributed by atoms with E-state index in [9.17, 15) is 34.9 Å². The van der Waals surface area contributed by atoms with Crippen molar-refractivity contribution in [1.29, 1.82) is 0 Å². The zero-order valence-electron chi connectivity index (χ0n) is 13.7. The molecule has 0 aromatic rings. The molecule has 1 aliphatic rings. The number of ketones is 1. The second-order valence-electron chi connectivity index (χ2n) is 5.10. The van der Waals surface area contributed by atoms with Crippen LogP contribution in [-0.2, 0) is 29.4 Å². The number of carbonyl (C=O) groups is 2. The monoisotopic (exact) mass is 419 g/mol. The Kier molecular flexibility index (Phi) is 8.82. The zero-order chi connectivity index (χ0) is 20.7. The smallest absolute Gasteiger partial charge is 0.340 e. The molecule has 5 atom stereocenters. The lowest BCUT2D eigenvalue weighted by molar-refractivity contribution is -0.677. The Bertz CT molecular complexity index is 541. The summed E-state index contributed by atoms with van der Waals surface area (Å²) in [6, 6.07) is -1.47. The molecule has 0 saturated carbocycles. The summed E-state index contributed by atoms with van der Waals surface area (Å²) in [4.78, 5) is 42.8. The largest absolute Gasteiger partial charge is 0.394 e. The summed E-state index contributed by atoms with van der Waals surface area (Å²) >= 11 is 5.30. The number of ether oxygens (including phenoxy) is 1. The first kappa shape index (κ1) is 23.5. The number of carbonyl (C=O) groups excluding carboxylic acids is 2. The fourth-order valence-corrected chi connectivity index (χ4v) is 2.26. The first-order chi connectivity index (χ1) is 12.7. The summed E-state index contributed by atoms with van der Waals surface area (Å²) in [5.41, 5.74) is -1.64. The van der Waals surface area contributed by atoms with Gasteiger partial charge in [0.15, 0.2) is 5.78 Å². The van der Waals surface area contributed by atoms with Crippen LogP contribution < -0.4 is 10.7 Å². The quantitative estimate of drug-likeness (QED) is 0.0525. The van der Waals surface area contributed by atoms with E-state index in [0.717, 1.165) is 6.92 Å². The summed E-state index contributed by atoms with van der Waals surface area (Å²) in [6.07, 6.45) is -6.10. The Hall–Kier alpha value is -1.53. The minimum Gasteiger partial charge on any atom is -0.394 e. The number of rotatable bonds is 10.